The second-order valence-corrected chi connectivity index (χ2v) is 7.39. The maximum absolute atomic E-state index is 12.7. The Hall–Kier alpha value is -2.73. The summed E-state index contributed by atoms with van der Waals surface area (Å²) in [5, 5.41) is 80.0. The summed E-state index contributed by atoms with van der Waals surface area (Å²) in [5.74, 6) is -2.20. The summed E-state index contributed by atoms with van der Waals surface area (Å²) in [6, 6.07) is 7.95. The number of phenolic OH excluding ortho intramolecular Hbond substituents is 3. The molecule has 0 spiro atoms. The number of ether oxygens (including phenoxy) is 1. The topological polar surface area (TPSA) is 188 Å². The molecule has 0 amide bonds. The van der Waals surface area contributed by atoms with Gasteiger partial charge in [0, 0.05) is 6.42 Å². The van der Waals surface area contributed by atoms with E-state index in [0.29, 0.717) is 5.56 Å². The fourth-order valence-corrected chi connectivity index (χ4v) is 3.54. The zero-order valence-electron chi connectivity index (χ0n) is 16.2. The number of Topliss-reactive ketones (excluding diaryl/α,β-unsaturated/α-hetero) is 1. The van der Waals surface area contributed by atoms with Crippen LogP contribution in [0.1, 0.15) is 27.6 Å². The number of ketones is 1. The van der Waals surface area contributed by atoms with Crippen LogP contribution in [0.15, 0.2) is 36.4 Å². The van der Waals surface area contributed by atoms with Crippen molar-refractivity contribution in [1.29, 1.82) is 0 Å². The van der Waals surface area contributed by atoms with E-state index in [1.807, 2.05) is 0 Å². The van der Waals surface area contributed by atoms with Gasteiger partial charge in [-0.25, -0.2) is 0 Å². The maximum Gasteiger partial charge on any atom is 0.195 e. The van der Waals surface area contributed by atoms with Crippen molar-refractivity contribution in [2.75, 3.05) is 6.61 Å². The Morgan fingerprint density at radius 2 is 1.58 bits per heavy atom. The smallest absolute Gasteiger partial charge is 0.195 e. The normalized spacial score (nSPS) is 27.1. The van der Waals surface area contributed by atoms with Gasteiger partial charge >= 0.3 is 0 Å². The zero-order valence-corrected chi connectivity index (χ0v) is 16.2. The molecule has 1 fully saturated rings. The number of hydrogen-bond acceptors (Lipinski definition) is 10. The Kier molecular flexibility index (Phi) is 6.80. The van der Waals surface area contributed by atoms with Crippen LogP contribution in [-0.4, -0.2) is 83.8 Å². The summed E-state index contributed by atoms with van der Waals surface area (Å²) in [6.45, 7) is -0.715. The van der Waals surface area contributed by atoms with Crippen LogP contribution in [0, 0.1) is 0 Å². The first-order valence-corrected chi connectivity index (χ1v) is 9.51. The van der Waals surface area contributed by atoms with Gasteiger partial charge in [-0.3, -0.25) is 4.79 Å². The van der Waals surface area contributed by atoms with Gasteiger partial charge in [-0.1, -0.05) is 12.1 Å². The minimum absolute atomic E-state index is 0.0184. The van der Waals surface area contributed by atoms with E-state index in [1.54, 1.807) is 0 Å². The summed E-state index contributed by atoms with van der Waals surface area (Å²) in [6.07, 6.45) is -9.73. The van der Waals surface area contributed by atoms with Crippen LogP contribution in [0.5, 0.6) is 17.2 Å². The van der Waals surface area contributed by atoms with E-state index in [2.05, 4.69) is 0 Å². The lowest BCUT2D eigenvalue weighted by Gasteiger charge is -2.40. The fraction of sp³-hybridized carbons (Fsp3) is 0.381. The molecule has 3 rings (SSSR count). The molecule has 8 N–H and O–H groups in total. The Morgan fingerprint density at radius 1 is 0.935 bits per heavy atom. The predicted octanol–water partition coefficient (Wildman–Crippen LogP) is -0.895. The highest BCUT2D eigenvalue weighted by atomic mass is 16.5. The van der Waals surface area contributed by atoms with Crippen molar-refractivity contribution < 1.29 is 50.4 Å². The van der Waals surface area contributed by atoms with Crippen molar-refractivity contribution in [1.82, 2.24) is 0 Å². The van der Waals surface area contributed by atoms with Crippen molar-refractivity contribution in [3.63, 3.8) is 0 Å². The molecule has 0 aromatic heterocycles. The molecule has 0 unspecified atom stereocenters. The third-order valence-electron chi connectivity index (χ3n) is 5.30. The number of carbonyl (C=O) groups is 1. The molecule has 10 nitrogen and oxygen atoms in total. The summed E-state index contributed by atoms with van der Waals surface area (Å²) in [4.78, 5) is 12.7. The van der Waals surface area contributed by atoms with E-state index in [4.69, 9.17) is 4.74 Å². The molecule has 1 aliphatic heterocycles. The van der Waals surface area contributed by atoms with Crippen molar-refractivity contribution in [3.05, 3.63) is 53.1 Å². The van der Waals surface area contributed by atoms with E-state index < -0.39 is 66.1 Å². The van der Waals surface area contributed by atoms with Crippen LogP contribution in [0.3, 0.4) is 0 Å². The van der Waals surface area contributed by atoms with Gasteiger partial charge in [0.15, 0.2) is 5.78 Å². The van der Waals surface area contributed by atoms with E-state index in [9.17, 15) is 45.6 Å². The van der Waals surface area contributed by atoms with Crippen LogP contribution < -0.4 is 0 Å². The number of aliphatic hydroxyl groups is 5. The fourth-order valence-electron chi connectivity index (χ4n) is 3.54. The SMILES string of the molecule is O=C(c1ccc(O)c([C@@H]2O[C@H](CO)[C@@H](O)[C@H](O)[C@H]2O)c1O)[C@@H](O)Cc1ccc(O)cc1. The number of rotatable bonds is 6. The predicted molar refractivity (Wildman–Crippen MR) is 105 cm³/mol. The molecule has 0 bridgehead atoms. The molecule has 6 atom stereocenters. The van der Waals surface area contributed by atoms with Gasteiger partial charge in [-0.15, -0.1) is 0 Å². The standard InChI is InChI=1S/C21H24O10/c22-8-14-18(28)19(29)20(30)21(31-14)15-12(24)6-5-11(17(15)27)16(26)13(25)7-9-1-3-10(23)4-2-9/h1-6,13-14,18-25,27-30H,7-8H2/t13-,14+,18+,19-,20+,21-/m0/s1. The monoisotopic (exact) mass is 436 g/mol. The molecule has 1 heterocycles. The molecule has 2 aromatic carbocycles. The van der Waals surface area contributed by atoms with E-state index in [-0.39, 0.29) is 17.7 Å². The van der Waals surface area contributed by atoms with Crippen molar-refractivity contribution >= 4 is 5.78 Å². The average molecular weight is 436 g/mol. The highest BCUT2D eigenvalue weighted by Crippen LogP contribution is 2.43. The first kappa shape index (κ1) is 22.9. The van der Waals surface area contributed by atoms with Gasteiger partial charge in [-0.2, -0.15) is 0 Å². The molecule has 0 saturated carbocycles. The Labute approximate surface area is 176 Å². The highest BCUT2D eigenvalue weighted by molar-refractivity contribution is 6.02. The molecule has 2 aromatic rings. The van der Waals surface area contributed by atoms with Crippen LogP contribution in [0.2, 0.25) is 0 Å². The van der Waals surface area contributed by atoms with Crippen LogP contribution >= 0.6 is 0 Å². The van der Waals surface area contributed by atoms with Crippen LogP contribution in [-0.2, 0) is 11.2 Å². The van der Waals surface area contributed by atoms with E-state index >= 15 is 0 Å². The van der Waals surface area contributed by atoms with E-state index in [0.717, 1.165) is 12.1 Å². The number of aromatic hydroxyl groups is 3. The highest BCUT2D eigenvalue weighted by Gasteiger charge is 2.46. The number of benzene rings is 2. The van der Waals surface area contributed by atoms with Crippen molar-refractivity contribution in [3.8, 4) is 17.2 Å². The average Bonchev–Trinajstić information content (AvgIpc) is 2.74. The summed E-state index contributed by atoms with van der Waals surface area (Å²) >= 11 is 0. The first-order valence-electron chi connectivity index (χ1n) is 9.51. The molecule has 168 valence electrons. The minimum Gasteiger partial charge on any atom is -0.508 e. The molecule has 1 saturated heterocycles. The molecule has 0 aliphatic carbocycles. The van der Waals surface area contributed by atoms with Gasteiger partial charge in [0.25, 0.3) is 0 Å². The van der Waals surface area contributed by atoms with Crippen LogP contribution in [0.4, 0.5) is 0 Å². The van der Waals surface area contributed by atoms with Gasteiger partial charge in [0.05, 0.1) is 17.7 Å². The summed E-state index contributed by atoms with van der Waals surface area (Å²) in [7, 11) is 0. The van der Waals surface area contributed by atoms with Gasteiger partial charge < -0.3 is 45.6 Å². The molecule has 0 radical (unpaired) electrons. The second-order valence-electron chi connectivity index (χ2n) is 7.39. The molecule has 31 heavy (non-hydrogen) atoms. The molecular weight excluding hydrogens is 412 g/mol. The zero-order chi connectivity index (χ0) is 22.9. The molecule has 1 aliphatic rings. The lowest BCUT2D eigenvalue weighted by molar-refractivity contribution is -0.232. The minimum atomic E-state index is -1.79. The quantitative estimate of drug-likeness (QED) is 0.264. The first-order chi connectivity index (χ1) is 14.6. The van der Waals surface area contributed by atoms with Crippen LogP contribution in [0.25, 0.3) is 0 Å². The number of aliphatic hydroxyl groups excluding tert-OH is 5. The maximum atomic E-state index is 12.7. The Bertz CT molecular complexity index is 927. The Morgan fingerprint density at radius 3 is 2.19 bits per heavy atom. The third kappa shape index (κ3) is 4.49. The largest absolute Gasteiger partial charge is 0.508 e. The number of hydrogen-bond donors (Lipinski definition) is 8. The lowest BCUT2D eigenvalue weighted by atomic mass is 9.88. The third-order valence-corrected chi connectivity index (χ3v) is 5.30. The molecule has 10 heteroatoms. The van der Waals surface area contributed by atoms with Gasteiger partial charge in [-0.05, 0) is 29.8 Å². The van der Waals surface area contributed by atoms with Gasteiger partial charge in [0.2, 0.25) is 0 Å². The number of carbonyl (C=O) groups excluding carboxylic acids is 1. The second kappa shape index (κ2) is 9.18. The lowest BCUT2D eigenvalue weighted by Crippen LogP contribution is -2.55. The van der Waals surface area contributed by atoms with Gasteiger partial charge in [0.1, 0.15) is 53.9 Å². The summed E-state index contributed by atoms with van der Waals surface area (Å²) < 4.78 is 5.35. The molecular formula is C21H24O10. The number of phenols is 3. The Balaban J connectivity index is 1.91. The van der Waals surface area contributed by atoms with Crippen molar-refractivity contribution in [2.24, 2.45) is 0 Å². The van der Waals surface area contributed by atoms with Crippen molar-refractivity contribution in [2.45, 2.75) is 43.0 Å². The summed E-state index contributed by atoms with van der Waals surface area (Å²) in [5.41, 5.74) is -0.248. The van der Waals surface area contributed by atoms with E-state index in [1.165, 1.54) is 24.3 Å².